The van der Waals surface area contributed by atoms with Gasteiger partial charge in [-0.25, -0.2) is 9.67 Å². The fourth-order valence-electron chi connectivity index (χ4n) is 1.08. The molecular formula is C9H18N4S. The van der Waals surface area contributed by atoms with Crippen LogP contribution < -0.4 is 5.73 Å². The quantitative estimate of drug-likeness (QED) is 0.774. The van der Waals surface area contributed by atoms with Crippen molar-refractivity contribution in [2.75, 3.05) is 6.54 Å². The van der Waals surface area contributed by atoms with E-state index in [-0.39, 0.29) is 0 Å². The Morgan fingerprint density at radius 2 is 2.43 bits per heavy atom. The lowest BCUT2D eigenvalue weighted by Crippen LogP contribution is -2.13. The largest absolute Gasteiger partial charge is 0.329 e. The van der Waals surface area contributed by atoms with E-state index in [1.807, 2.05) is 16.4 Å². The van der Waals surface area contributed by atoms with Gasteiger partial charge in [0.05, 0.1) is 5.75 Å². The zero-order valence-electron chi connectivity index (χ0n) is 8.81. The van der Waals surface area contributed by atoms with Crippen LogP contribution in [0, 0.1) is 0 Å². The maximum Gasteiger partial charge on any atom is 0.138 e. The summed E-state index contributed by atoms with van der Waals surface area (Å²) in [6, 6.07) is 0. The van der Waals surface area contributed by atoms with Crippen molar-refractivity contribution in [3.63, 3.8) is 0 Å². The van der Waals surface area contributed by atoms with E-state index in [1.165, 1.54) is 0 Å². The van der Waals surface area contributed by atoms with Crippen LogP contribution in [-0.2, 0) is 12.3 Å². The molecule has 4 nitrogen and oxygen atoms in total. The van der Waals surface area contributed by atoms with Crippen LogP contribution in [0.25, 0.3) is 0 Å². The van der Waals surface area contributed by atoms with E-state index in [4.69, 9.17) is 5.73 Å². The Morgan fingerprint density at radius 1 is 1.64 bits per heavy atom. The van der Waals surface area contributed by atoms with Crippen molar-refractivity contribution in [3.05, 3.63) is 12.2 Å². The van der Waals surface area contributed by atoms with E-state index in [2.05, 4.69) is 23.9 Å². The van der Waals surface area contributed by atoms with E-state index in [0.29, 0.717) is 11.8 Å². The minimum absolute atomic E-state index is 0.488. The molecule has 0 bridgehead atoms. The van der Waals surface area contributed by atoms with Crippen LogP contribution in [-0.4, -0.2) is 26.6 Å². The third-order valence-electron chi connectivity index (χ3n) is 1.96. The number of nitrogens with two attached hydrogens (primary N) is 1. The van der Waals surface area contributed by atoms with Gasteiger partial charge in [-0.05, 0) is 6.42 Å². The highest BCUT2D eigenvalue weighted by Gasteiger charge is 2.06. The molecule has 80 valence electrons. The van der Waals surface area contributed by atoms with E-state index >= 15 is 0 Å². The lowest BCUT2D eigenvalue weighted by molar-refractivity contribution is 0.581. The summed E-state index contributed by atoms with van der Waals surface area (Å²) in [7, 11) is 0. The first-order valence-corrected chi connectivity index (χ1v) is 6.01. The minimum atomic E-state index is 0.488. The Balaban J connectivity index is 2.45. The van der Waals surface area contributed by atoms with Gasteiger partial charge in [-0.15, -0.1) is 11.8 Å². The fraction of sp³-hybridized carbons (Fsp3) is 0.778. The van der Waals surface area contributed by atoms with Gasteiger partial charge in [0.25, 0.3) is 0 Å². The van der Waals surface area contributed by atoms with Gasteiger partial charge in [0, 0.05) is 18.3 Å². The molecule has 0 aliphatic heterocycles. The van der Waals surface area contributed by atoms with Crippen LogP contribution in [0.1, 0.15) is 26.1 Å². The second kappa shape index (κ2) is 6.03. The predicted molar refractivity (Wildman–Crippen MR) is 60.1 cm³/mol. The molecule has 0 fully saturated rings. The summed E-state index contributed by atoms with van der Waals surface area (Å²) in [5.74, 6) is 1.95. The second-order valence-electron chi connectivity index (χ2n) is 3.26. The zero-order chi connectivity index (χ0) is 10.4. The Hall–Kier alpha value is -0.550. The molecule has 0 aliphatic rings. The van der Waals surface area contributed by atoms with Crippen molar-refractivity contribution in [1.82, 2.24) is 14.8 Å². The number of aryl methyl sites for hydroxylation is 1. The van der Waals surface area contributed by atoms with Crippen LogP contribution in [0.4, 0.5) is 0 Å². The molecule has 1 unspecified atom stereocenters. The first-order valence-electron chi connectivity index (χ1n) is 4.96. The third kappa shape index (κ3) is 3.31. The molecule has 0 amide bonds. The van der Waals surface area contributed by atoms with Crippen molar-refractivity contribution < 1.29 is 0 Å². The smallest absolute Gasteiger partial charge is 0.138 e. The average molecular weight is 214 g/mol. The number of aromatic nitrogens is 3. The molecule has 1 atom stereocenters. The Morgan fingerprint density at radius 3 is 3.07 bits per heavy atom. The van der Waals surface area contributed by atoms with Crippen LogP contribution in [0.2, 0.25) is 0 Å². The normalized spacial score (nSPS) is 13.1. The monoisotopic (exact) mass is 214 g/mol. The fourth-order valence-corrected chi connectivity index (χ4v) is 1.88. The van der Waals surface area contributed by atoms with Crippen molar-refractivity contribution in [2.24, 2.45) is 5.73 Å². The summed E-state index contributed by atoms with van der Waals surface area (Å²) in [4.78, 5) is 4.23. The molecule has 1 aromatic rings. The summed E-state index contributed by atoms with van der Waals surface area (Å²) in [5.41, 5.74) is 5.54. The maximum absolute atomic E-state index is 5.54. The van der Waals surface area contributed by atoms with Gasteiger partial charge in [0.2, 0.25) is 0 Å². The molecule has 0 radical (unpaired) electrons. The lowest BCUT2D eigenvalue weighted by Gasteiger charge is -2.08. The van der Waals surface area contributed by atoms with Gasteiger partial charge in [-0.1, -0.05) is 13.8 Å². The molecule has 0 spiro atoms. The number of nitrogens with zero attached hydrogens (tertiary/aromatic N) is 3. The first-order chi connectivity index (χ1) is 6.77. The predicted octanol–water partition coefficient (Wildman–Crippen LogP) is 1.27. The van der Waals surface area contributed by atoms with Gasteiger partial charge in [0.15, 0.2) is 0 Å². The molecule has 0 aromatic carbocycles. The molecule has 1 heterocycles. The maximum atomic E-state index is 5.54. The number of rotatable bonds is 6. The summed E-state index contributed by atoms with van der Waals surface area (Å²) in [5, 5.41) is 4.66. The Kier molecular flexibility index (Phi) is 4.97. The average Bonchev–Trinajstić information content (AvgIpc) is 2.62. The lowest BCUT2D eigenvalue weighted by atomic mass is 10.5. The minimum Gasteiger partial charge on any atom is -0.329 e. The van der Waals surface area contributed by atoms with Gasteiger partial charge < -0.3 is 5.73 Å². The van der Waals surface area contributed by atoms with Gasteiger partial charge in [-0.2, -0.15) is 5.10 Å². The van der Waals surface area contributed by atoms with E-state index in [0.717, 1.165) is 24.5 Å². The molecule has 14 heavy (non-hydrogen) atoms. The van der Waals surface area contributed by atoms with Crippen LogP contribution >= 0.6 is 11.8 Å². The van der Waals surface area contributed by atoms with Crippen LogP contribution in [0.15, 0.2) is 6.33 Å². The number of thioether (sulfide) groups is 1. The highest BCUT2D eigenvalue weighted by atomic mass is 32.2. The van der Waals surface area contributed by atoms with Crippen molar-refractivity contribution >= 4 is 11.8 Å². The van der Waals surface area contributed by atoms with Crippen molar-refractivity contribution in [3.8, 4) is 0 Å². The highest BCUT2D eigenvalue weighted by molar-refractivity contribution is 7.99. The molecule has 5 heteroatoms. The van der Waals surface area contributed by atoms with Crippen LogP contribution in [0.5, 0.6) is 0 Å². The van der Waals surface area contributed by atoms with E-state index in [1.54, 1.807) is 6.33 Å². The van der Waals surface area contributed by atoms with E-state index < -0.39 is 0 Å². The van der Waals surface area contributed by atoms with Gasteiger partial charge in [0.1, 0.15) is 12.2 Å². The molecule has 0 aliphatic carbocycles. The summed E-state index contributed by atoms with van der Waals surface area (Å²) in [6.45, 7) is 5.94. The SMILES string of the molecule is CCCn1ncnc1CSC(C)CN. The van der Waals surface area contributed by atoms with Gasteiger partial charge in [-0.3, -0.25) is 0 Å². The Labute approximate surface area is 89.3 Å². The third-order valence-corrected chi connectivity index (χ3v) is 3.15. The zero-order valence-corrected chi connectivity index (χ0v) is 9.63. The highest BCUT2D eigenvalue weighted by Crippen LogP contribution is 2.14. The summed E-state index contributed by atoms with van der Waals surface area (Å²) >= 11 is 1.83. The van der Waals surface area contributed by atoms with Crippen molar-refractivity contribution in [1.29, 1.82) is 0 Å². The number of hydrogen-bond donors (Lipinski definition) is 1. The topological polar surface area (TPSA) is 56.7 Å². The molecule has 2 N–H and O–H groups in total. The molecular weight excluding hydrogens is 196 g/mol. The van der Waals surface area contributed by atoms with Crippen molar-refractivity contribution in [2.45, 2.75) is 37.8 Å². The molecule has 0 saturated carbocycles. The number of hydrogen-bond acceptors (Lipinski definition) is 4. The second-order valence-corrected chi connectivity index (χ2v) is 4.68. The molecule has 1 aromatic heterocycles. The first kappa shape index (κ1) is 11.5. The molecule has 1 rings (SSSR count). The molecule has 0 saturated heterocycles. The Bertz CT molecular complexity index is 261. The summed E-state index contributed by atoms with van der Waals surface area (Å²) < 4.78 is 1.97. The van der Waals surface area contributed by atoms with Gasteiger partial charge >= 0.3 is 0 Å². The standard InChI is InChI=1S/C9H18N4S/c1-3-4-13-9(11-7-12-13)6-14-8(2)5-10/h7-8H,3-6,10H2,1-2H3. The summed E-state index contributed by atoms with van der Waals surface area (Å²) in [6.07, 6.45) is 2.71. The van der Waals surface area contributed by atoms with E-state index in [9.17, 15) is 0 Å². The van der Waals surface area contributed by atoms with Crippen LogP contribution in [0.3, 0.4) is 0 Å².